The van der Waals surface area contributed by atoms with E-state index in [1.165, 1.54) is 6.07 Å². The molecule has 16 heteroatoms. The molecule has 0 aliphatic heterocycles. The third-order valence-corrected chi connectivity index (χ3v) is 3.39. The Kier molecular flexibility index (Phi) is 12.5. The minimum atomic E-state index is -4.63. The van der Waals surface area contributed by atoms with Crippen LogP contribution in [-0.4, -0.2) is 51.1 Å². The summed E-state index contributed by atoms with van der Waals surface area (Å²) in [4.78, 5) is 43.9. The predicted molar refractivity (Wildman–Crippen MR) is 93.7 cm³/mol. The first-order chi connectivity index (χ1) is 14.2. The molecule has 0 bridgehead atoms. The molecule has 33 heavy (non-hydrogen) atoms. The van der Waals surface area contributed by atoms with Crippen LogP contribution in [0.25, 0.3) is 0 Å². The quantitative estimate of drug-likeness (QED) is 0.341. The van der Waals surface area contributed by atoms with E-state index in [9.17, 15) is 45.5 Å². The Morgan fingerprint density at radius 2 is 1.21 bits per heavy atom. The fourth-order valence-electron chi connectivity index (χ4n) is 2.19. The molecule has 0 atom stereocenters. The first-order valence-corrected chi connectivity index (χ1v) is 8.01. The number of hydrogen-bond acceptors (Lipinski definition) is 6. The van der Waals surface area contributed by atoms with Gasteiger partial charge < -0.3 is 15.3 Å². The van der Waals surface area contributed by atoms with Gasteiger partial charge in [-0.05, 0) is 12.1 Å². The molecule has 0 aliphatic carbocycles. The number of carbonyl (C=O) groups is 2. The maximum atomic E-state index is 12.2. The Morgan fingerprint density at radius 1 is 0.848 bits per heavy atom. The second kappa shape index (κ2) is 12.9. The van der Waals surface area contributed by atoms with Crippen molar-refractivity contribution in [2.75, 3.05) is 7.11 Å². The molecule has 0 aliphatic rings. The third kappa shape index (κ3) is 10.4. The van der Waals surface area contributed by atoms with Crippen LogP contribution in [0.3, 0.4) is 0 Å². The van der Waals surface area contributed by atoms with Gasteiger partial charge in [0.2, 0.25) is 0 Å². The third-order valence-electron chi connectivity index (χ3n) is 3.39. The summed E-state index contributed by atoms with van der Waals surface area (Å²) < 4.78 is 77.3. The van der Waals surface area contributed by atoms with Crippen LogP contribution in [-0.2, 0) is 17.8 Å². The standard InChI is InChI=1S/C9H8F3NO3.C8H6F3NO3.Li.H2O/c1-16-8(15)6-3-2-4-7(14)13(6)5-9(10,11)12;9-8(10,11)4-12-5(7(14)15)2-1-3-6(12)13;;/h2-4H,5H2,1H3;1-3H,4H2,(H,14,15);;1H2/q;;+1;/p-1. The van der Waals surface area contributed by atoms with E-state index < -0.39 is 59.9 Å². The number of carbonyl (C=O) groups excluding carboxylic acids is 1. The molecule has 0 spiro atoms. The number of aromatic nitrogens is 2. The number of methoxy groups -OCH3 is 1. The van der Waals surface area contributed by atoms with Gasteiger partial charge in [0.05, 0.1) is 7.11 Å². The second-order valence-electron chi connectivity index (χ2n) is 5.70. The molecule has 9 nitrogen and oxygen atoms in total. The largest absolute Gasteiger partial charge is 1.00 e. The molecule has 2 heterocycles. The monoisotopic (exact) mass is 480 g/mol. The molecule has 0 saturated carbocycles. The van der Waals surface area contributed by atoms with Gasteiger partial charge in [0, 0.05) is 12.1 Å². The van der Waals surface area contributed by atoms with E-state index in [4.69, 9.17) is 5.11 Å². The molecule has 2 aromatic rings. The number of halogens is 6. The van der Waals surface area contributed by atoms with E-state index in [-0.39, 0.29) is 28.9 Å². The number of carboxylic acid groups (broad SMARTS) is 1. The van der Waals surface area contributed by atoms with Crippen molar-refractivity contribution in [3.63, 3.8) is 0 Å². The molecule has 0 fully saturated rings. The van der Waals surface area contributed by atoms with Gasteiger partial charge in [-0.15, -0.1) is 0 Å². The van der Waals surface area contributed by atoms with Gasteiger partial charge in [-0.2, -0.15) is 26.3 Å². The summed E-state index contributed by atoms with van der Waals surface area (Å²) in [7, 11) is 1.03. The van der Waals surface area contributed by atoms with Crippen molar-refractivity contribution in [2.24, 2.45) is 0 Å². The Balaban J connectivity index is 0. The summed E-state index contributed by atoms with van der Waals surface area (Å²) in [5, 5.41) is 8.56. The number of nitrogens with zero attached hydrogens (tertiary/aromatic N) is 2. The van der Waals surface area contributed by atoms with Crippen molar-refractivity contribution < 1.29 is 70.1 Å². The minimum Gasteiger partial charge on any atom is -0.870 e. The van der Waals surface area contributed by atoms with Crippen molar-refractivity contribution in [1.82, 2.24) is 9.13 Å². The van der Waals surface area contributed by atoms with E-state index in [2.05, 4.69) is 4.74 Å². The topological polar surface area (TPSA) is 138 Å². The van der Waals surface area contributed by atoms with Gasteiger partial charge in [-0.3, -0.25) is 18.7 Å². The molecule has 2 rings (SSSR count). The van der Waals surface area contributed by atoms with Gasteiger partial charge in [0.15, 0.2) is 0 Å². The maximum Gasteiger partial charge on any atom is 1.00 e. The van der Waals surface area contributed by atoms with Gasteiger partial charge in [0.25, 0.3) is 11.1 Å². The molecular weight excluding hydrogens is 465 g/mol. The summed E-state index contributed by atoms with van der Waals surface area (Å²) in [6, 6.07) is 6.14. The Labute approximate surface area is 192 Å². The molecular formula is C17H15F6LiN2O7. The van der Waals surface area contributed by atoms with Crippen LogP contribution < -0.4 is 30.0 Å². The van der Waals surface area contributed by atoms with Crippen LogP contribution in [0, 0.1) is 0 Å². The number of rotatable bonds is 4. The van der Waals surface area contributed by atoms with Crippen LogP contribution in [0.2, 0.25) is 0 Å². The minimum absolute atomic E-state index is 0. The fourth-order valence-corrected chi connectivity index (χ4v) is 2.19. The molecule has 0 amide bonds. The fraction of sp³-hybridized carbons (Fsp3) is 0.294. The average Bonchev–Trinajstić information content (AvgIpc) is 2.62. The van der Waals surface area contributed by atoms with Gasteiger partial charge in [-0.25, -0.2) is 9.59 Å². The van der Waals surface area contributed by atoms with Gasteiger partial charge >= 0.3 is 43.2 Å². The summed E-state index contributed by atoms with van der Waals surface area (Å²) >= 11 is 0. The average molecular weight is 480 g/mol. The van der Waals surface area contributed by atoms with E-state index in [0.29, 0.717) is 4.57 Å². The van der Waals surface area contributed by atoms with Crippen molar-refractivity contribution in [2.45, 2.75) is 25.4 Å². The molecule has 178 valence electrons. The molecule has 0 radical (unpaired) electrons. The smallest absolute Gasteiger partial charge is 0.870 e. The maximum absolute atomic E-state index is 12.2. The zero-order chi connectivity index (χ0) is 24.0. The zero-order valence-corrected chi connectivity index (χ0v) is 17.0. The Morgan fingerprint density at radius 3 is 1.55 bits per heavy atom. The number of carboxylic acids is 1. The van der Waals surface area contributed by atoms with Crippen molar-refractivity contribution >= 4 is 11.9 Å². The van der Waals surface area contributed by atoms with Gasteiger partial charge in [-0.1, -0.05) is 12.1 Å². The van der Waals surface area contributed by atoms with E-state index in [1.54, 1.807) is 0 Å². The van der Waals surface area contributed by atoms with Crippen LogP contribution in [0.15, 0.2) is 46.0 Å². The first kappa shape index (κ1) is 32.2. The van der Waals surface area contributed by atoms with Crippen LogP contribution in [0.1, 0.15) is 21.0 Å². The Hall–Kier alpha value is -3.02. The molecule has 0 unspecified atom stereocenters. The van der Waals surface area contributed by atoms with Crippen LogP contribution >= 0.6 is 0 Å². The molecule has 0 aromatic carbocycles. The number of esters is 1. The van der Waals surface area contributed by atoms with Gasteiger partial charge in [0.1, 0.15) is 24.5 Å². The molecule has 2 aromatic heterocycles. The number of alkyl halides is 6. The number of ether oxygens (including phenoxy) is 1. The van der Waals surface area contributed by atoms with Crippen molar-refractivity contribution in [3.8, 4) is 0 Å². The van der Waals surface area contributed by atoms with E-state index in [0.717, 1.165) is 37.4 Å². The zero-order valence-electron chi connectivity index (χ0n) is 17.0. The Bertz CT molecular complexity index is 1060. The van der Waals surface area contributed by atoms with E-state index in [1.807, 2.05) is 0 Å². The summed E-state index contributed by atoms with van der Waals surface area (Å²) in [6.45, 7) is -3.12. The summed E-state index contributed by atoms with van der Waals surface area (Å²) in [5.74, 6) is -2.56. The summed E-state index contributed by atoms with van der Waals surface area (Å²) in [5.41, 5.74) is -3.00. The van der Waals surface area contributed by atoms with Crippen molar-refractivity contribution in [1.29, 1.82) is 0 Å². The normalized spacial score (nSPS) is 10.6. The number of aromatic carboxylic acids is 1. The summed E-state index contributed by atoms with van der Waals surface area (Å²) in [6.07, 6.45) is -9.21. The first-order valence-electron chi connectivity index (χ1n) is 8.01. The predicted octanol–water partition coefficient (Wildman–Crippen LogP) is -0.867. The molecule has 0 saturated heterocycles. The van der Waals surface area contributed by atoms with E-state index >= 15 is 0 Å². The van der Waals surface area contributed by atoms with Crippen LogP contribution in [0.5, 0.6) is 0 Å². The number of pyridine rings is 2. The van der Waals surface area contributed by atoms with Crippen LogP contribution in [0.4, 0.5) is 26.3 Å². The second-order valence-corrected chi connectivity index (χ2v) is 5.70. The number of hydrogen-bond donors (Lipinski definition) is 1. The molecule has 2 N–H and O–H groups in total. The SMILES string of the molecule is COC(=O)c1cccc(=O)n1CC(F)(F)F.O=C(O)c1cccc(=O)n1CC(F)(F)F.[Li+].[OH-]. The van der Waals surface area contributed by atoms with Crippen molar-refractivity contribution in [3.05, 3.63) is 68.5 Å².